The molecule has 0 radical (unpaired) electrons. The normalized spacial score (nSPS) is 19.1. The third-order valence-corrected chi connectivity index (χ3v) is 6.62. The molecule has 1 saturated carbocycles. The van der Waals surface area contributed by atoms with E-state index in [-0.39, 0.29) is 10.7 Å². The van der Waals surface area contributed by atoms with E-state index in [9.17, 15) is 13.2 Å². The SMILES string of the molecule is CC(=O)c1ccc(S(=O)(=O)N2CCN(C(=S)NC3CC3)CC2)cc1. The largest absolute Gasteiger partial charge is 0.360 e. The molecule has 1 aromatic carbocycles. The van der Waals surface area contributed by atoms with Gasteiger partial charge in [0, 0.05) is 37.8 Å². The van der Waals surface area contributed by atoms with E-state index in [1.54, 1.807) is 12.1 Å². The number of Topliss-reactive ketones (excluding diaryl/α,β-unsaturated/α-hetero) is 1. The zero-order valence-electron chi connectivity index (χ0n) is 13.6. The van der Waals surface area contributed by atoms with E-state index in [1.165, 1.54) is 23.4 Å². The van der Waals surface area contributed by atoms with Gasteiger partial charge in [-0.05, 0) is 44.1 Å². The number of rotatable bonds is 4. The van der Waals surface area contributed by atoms with Crippen molar-refractivity contribution < 1.29 is 13.2 Å². The number of thiocarbonyl (C=S) groups is 1. The first-order valence-corrected chi connectivity index (χ1v) is 9.89. The van der Waals surface area contributed by atoms with Crippen molar-refractivity contribution in [3.63, 3.8) is 0 Å². The van der Waals surface area contributed by atoms with Crippen LogP contribution in [-0.2, 0) is 10.0 Å². The minimum Gasteiger partial charge on any atom is -0.360 e. The smallest absolute Gasteiger partial charge is 0.243 e. The Hall–Kier alpha value is -1.51. The first-order chi connectivity index (χ1) is 11.4. The molecular weight excluding hydrogens is 346 g/mol. The number of carbonyl (C=O) groups is 1. The molecule has 0 amide bonds. The molecule has 130 valence electrons. The molecule has 1 heterocycles. The van der Waals surface area contributed by atoms with Gasteiger partial charge in [0.15, 0.2) is 10.9 Å². The van der Waals surface area contributed by atoms with Crippen LogP contribution in [0.1, 0.15) is 30.1 Å². The predicted octanol–water partition coefficient (Wildman–Crippen LogP) is 1.23. The van der Waals surface area contributed by atoms with E-state index in [0.717, 1.165) is 18.0 Å². The number of nitrogens with one attached hydrogen (secondary N) is 1. The number of piperazine rings is 1. The van der Waals surface area contributed by atoms with Crippen LogP contribution < -0.4 is 5.32 Å². The molecule has 3 rings (SSSR count). The lowest BCUT2D eigenvalue weighted by atomic mass is 10.2. The summed E-state index contributed by atoms with van der Waals surface area (Å²) in [5.74, 6) is -0.0794. The standard InChI is InChI=1S/C16H21N3O3S2/c1-12(20)13-2-6-15(7-3-13)24(21,22)19-10-8-18(9-11-19)16(23)17-14-4-5-14/h2-3,6-7,14H,4-5,8-11H2,1H3,(H,17,23). The molecule has 24 heavy (non-hydrogen) atoms. The highest BCUT2D eigenvalue weighted by molar-refractivity contribution is 7.89. The van der Waals surface area contributed by atoms with E-state index in [0.29, 0.717) is 37.8 Å². The minimum absolute atomic E-state index is 0.0794. The monoisotopic (exact) mass is 367 g/mol. The maximum atomic E-state index is 12.7. The molecule has 0 spiro atoms. The number of benzene rings is 1. The van der Waals surface area contributed by atoms with Crippen LogP contribution in [0.25, 0.3) is 0 Å². The van der Waals surface area contributed by atoms with Gasteiger partial charge in [-0.25, -0.2) is 8.42 Å². The minimum atomic E-state index is -3.53. The number of sulfonamides is 1. The molecule has 0 bridgehead atoms. The third-order valence-electron chi connectivity index (χ3n) is 4.33. The summed E-state index contributed by atoms with van der Waals surface area (Å²) in [5, 5.41) is 4.01. The van der Waals surface area contributed by atoms with Gasteiger partial charge in [0.25, 0.3) is 0 Å². The molecule has 1 aliphatic heterocycles. The van der Waals surface area contributed by atoms with Crippen molar-refractivity contribution in [2.45, 2.75) is 30.7 Å². The fraction of sp³-hybridized carbons (Fsp3) is 0.500. The highest BCUT2D eigenvalue weighted by atomic mass is 32.2. The van der Waals surface area contributed by atoms with E-state index < -0.39 is 10.0 Å². The molecule has 1 aromatic rings. The van der Waals surface area contributed by atoms with Gasteiger partial charge < -0.3 is 10.2 Å². The van der Waals surface area contributed by atoms with Crippen molar-refractivity contribution >= 4 is 33.1 Å². The molecule has 1 saturated heterocycles. The lowest BCUT2D eigenvalue weighted by molar-refractivity contribution is 0.101. The Bertz CT molecular complexity index is 734. The Morgan fingerprint density at radius 2 is 1.71 bits per heavy atom. The Kier molecular flexibility index (Phi) is 4.89. The second kappa shape index (κ2) is 6.78. The van der Waals surface area contributed by atoms with E-state index in [4.69, 9.17) is 12.2 Å². The van der Waals surface area contributed by atoms with E-state index in [2.05, 4.69) is 5.32 Å². The summed E-state index contributed by atoms with van der Waals surface area (Å²) in [6.45, 7) is 3.44. The molecule has 6 nitrogen and oxygen atoms in total. The average Bonchev–Trinajstić information content (AvgIpc) is 3.39. The third kappa shape index (κ3) is 3.76. The number of carbonyl (C=O) groups excluding carboxylic acids is 1. The topological polar surface area (TPSA) is 69.7 Å². The second-order valence-electron chi connectivity index (χ2n) is 6.20. The summed E-state index contributed by atoms with van der Waals surface area (Å²) in [7, 11) is -3.53. The van der Waals surface area contributed by atoms with Crippen LogP contribution >= 0.6 is 12.2 Å². The number of ketones is 1. The maximum Gasteiger partial charge on any atom is 0.243 e. The molecule has 8 heteroatoms. The van der Waals surface area contributed by atoms with Crippen LogP contribution in [0.4, 0.5) is 0 Å². The molecule has 0 atom stereocenters. The first-order valence-electron chi connectivity index (χ1n) is 8.04. The van der Waals surface area contributed by atoms with Crippen molar-refractivity contribution in [1.82, 2.24) is 14.5 Å². The van der Waals surface area contributed by atoms with E-state index >= 15 is 0 Å². The van der Waals surface area contributed by atoms with Gasteiger partial charge in [-0.15, -0.1) is 0 Å². The molecular formula is C16H21N3O3S2. The predicted molar refractivity (Wildman–Crippen MR) is 95.5 cm³/mol. The molecule has 0 unspecified atom stereocenters. The summed E-state index contributed by atoms with van der Waals surface area (Å²) in [6, 6.07) is 6.61. The zero-order chi connectivity index (χ0) is 17.3. The van der Waals surface area contributed by atoms with Crippen LogP contribution in [0.15, 0.2) is 29.2 Å². The van der Waals surface area contributed by atoms with Crippen molar-refractivity contribution in [2.24, 2.45) is 0 Å². The number of hydrogen-bond acceptors (Lipinski definition) is 4. The molecule has 1 aliphatic carbocycles. The average molecular weight is 367 g/mol. The first kappa shape index (κ1) is 17.3. The summed E-state index contributed by atoms with van der Waals surface area (Å²) < 4.78 is 26.9. The van der Waals surface area contributed by atoms with Gasteiger partial charge in [0.05, 0.1) is 4.90 Å². The van der Waals surface area contributed by atoms with E-state index in [1.807, 2.05) is 4.90 Å². The van der Waals surface area contributed by atoms with Crippen LogP contribution in [0.2, 0.25) is 0 Å². The molecule has 1 N–H and O–H groups in total. The Morgan fingerprint density at radius 1 is 1.12 bits per heavy atom. The summed E-state index contributed by atoms with van der Waals surface area (Å²) in [5.41, 5.74) is 0.510. The Labute approximate surface area is 147 Å². The van der Waals surface area contributed by atoms with Crippen LogP contribution in [0.3, 0.4) is 0 Å². The summed E-state index contributed by atoms with van der Waals surface area (Å²) in [4.78, 5) is 13.6. The van der Waals surface area contributed by atoms with Crippen LogP contribution in [-0.4, -0.2) is 60.7 Å². The fourth-order valence-corrected chi connectivity index (χ4v) is 4.41. The van der Waals surface area contributed by atoms with Crippen molar-refractivity contribution in [3.8, 4) is 0 Å². The van der Waals surface area contributed by atoms with Crippen LogP contribution in [0, 0.1) is 0 Å². The van der Waals surface area contributed by atoms with Crippen molar-refractivity contribution in [1.29, 1.82) is 0 Å². The molecule has 2 fully saturated rings. The molecule has 0 aromatic heterocycles. The van der Waals surface area contributed by atoms with Gasteiger partial charge in [0.1, 0.15) is 0 Å². The van der Waals surface area contributed by atoms with Crippen LogP contribution in [0.5, 0.6) is 0 Å². The highest BCUT2D eigenvalue weighted by Gasteiger charge is 2.30. The quantitative estimate of drug-likeness (QED) is 0.638. The molecule has 2 aliphatic rings. The highest BCUT2D eigenvalue weighted by Crippen LogP contribution is 2.21. The summed E-state index contributed by atoms with van der Waals surface area (Å²) in [6.07, 6.45) is 2.31. The van der Waals surface area contributed by atoms with Crippen molar-refractivity contribution in [3.05, 3.63) is 29.8 Å². The van der Waals surface area contributed by atoms with Gasteiger partial charge in [-0.1, -0.05) is 12.1 Å². The fourth-order valence-electron chi connectivity index (χ4n) is 2.64. The Morgan fingerprint density at radius 3 is 2.21 bits per heavy atom. The number of hydrogen-bond donors (Lipinski definition) is 1. The van der Waals surface area contributed by atoms with Crippen molar-refractivity contribution in [2.75, 3.05) is 26.2 Å². The lowest BCUT2D eigenvalue weighted by Crippen LogP contribution is -2.53. The Balaban J connectivity index is 1.63. The van der Waals surface area contributed by atoms with Gasteiger partial charge in [-0.2, -0.15) is 4.31 Å². The zero-order valence-corrected chi connectivity index (χ0v) is 15.2. The lowest BCUT2D eigenvalue weighted by Gasteiger charge is -2.35. The summed E-state index contributed by atoms with van der Waals surface area (Å²) >= 11 is 5.37. The van der Waals surface area contributed by atoms with Gasteiger partial charge >= 0.3 is 0 Å². The van der Waals surface area contributed by atoms with Gasteiger partial charge in [0.2, 0.25) is 10.0 Å². The van der Waals surface area contributed by atoms with Gasteiger partial charge in [-0.3, -0.25) is 4.79 Å². The number of nitrogens with zero attached hydrogens (tertiary/aromatic N) is 2. The maximum absolute atomic E-state index is 12.7. The second-order valence-corrected chi connectivity index (χ2v) is 8.52.